The van der Waals surface area contributed by atoms with Gasteiger partial charge in [-0.05, 0) is 12.1 Å². The molecule has 2 N–H and O–H groups in total. The van der Waals surface area contributed by atoms with E-state index in [1.54, 1.807) is 24.3 Å². The summed E-state index contributed by atoms with van der Waals surface area (Å²) < 4.78 is 28.2. The number of fused-ring (bicyclic) bond motifs is 1. The standard InChI is InChI=1S/C10H11NO3S/c1-2-8-10(15(11,12)13)7-5-3-4-6-9(7)14-8/h3-6H,2H2,1H3,(H2,11,12,13). The largest absolute Gasteiger partial charge is 0.460 e. The maximum absolute atomic E-state index is 11.4. The first-order valence-electron chi connectivity index (χ1n) is 4.57. The highest BCUT2D eigenvalue weighted by molar-refractivity contribution is 7.89. The SMILES string of the molecule is CCc1oc2ccccc2c1S(N)(=O)=O. The van der Waals surface area contributed by atoms with E-state index >= 15 is 0 Å². The van der Waals surface area contributed by atoms with Crippen LogP contribution in [0.15, 0.2) is 33.6 Å². The molecule has 0 aliphatic rings. The Morgan fingerprint density at radius 3 is 2.60 bits per heavy atom. The molecule has 5 heteroatoms. The summed E-state index contributed by atoms with van der Waals surface area (Å²) in [5, 5.41) is 5.71. The van der Waals surface area contributed by atoms with E-state index in [4.69, 9.17) is 9.56 Å². The number of primary sulfonamides is 1. The third kappa shape index (κ3) is 1.64. The normalized spacial score (nSPS) is 12.1. The van der Waals surface area contributed by atoms with Crippen molar-refractivity contribution in [2.24, 2.45) is 5.14 Å². The van der Waals surface area contributed by atoms with Crippen molar-refractivity contribution in [1.82, 2.24) is 0 Å². The molecular formula is C10H11NO3S. The first-order chi connectivity index (χ1) is 7.04. The fourth-order valence-electron chi connectivity index (χ4n) is 1.62. The quantitative estimate of drug-likeness (QED) is 0.844. The first kappa shape index (κ1) is 10.2. The van der Waals surface area contributed by atoms with Crippen LogP contribution >= 0.6 is 0 Å². The van der Waals surface area contributed by atoms with E-state index in [0.29, 0.717) is 23.2 Å². The zero-order chi connectivity index (χ0) is 11.1. The van der Waals surface area contributed by atoms with Gasteiger partial charge in [0.05, 0.1) is 0 Å². The minimum Gasteiger partial charge on any atom is -0.460 e. The molecule has 0 amide bonds. The molecule has 0 fully saturated rings. The van der Waals surface area contributed by atoms with Gasteiger partial charge < -0.3 is 4.42 Å². The van der Waals surface area contributed by atoms with Crippen LogP contribution in [0.1, 0.15) is 12.7 Å². The van der Waals surface area contributed by atoms with E-state index in [0.717, 1.165) is 0 Å². The lowest BCUT2D eigenvalue weighted by atomic mass is 10.2. The number of rotatable bonds is 2. The molecule has 4 nitrogen and oxygen atoms in total. The molecule has 0 unspecified atom stereocenters. The smallest absolute Gasteiger partial charge is 0.242 e. The third-order valence-electron chi connectivity index (χ3n) is 2.22. The second-order valence-electron chi connectivity index (χ2n) is 3.25. The number of benzene rings is 1. The summed E-state index contributed by atoms with van der Waals surface area (Å²) in [6.07, 6.45) is 0.500. The van der Waals surface area contributed by atoms with E-state index in [9.17, 15) is 8.42 Å². The monoisotopic (exact) mass is 225 g/mol. The van der Waals surface area contributed by atoms with Gasteiger partial charge in [0, 0.05) is 11.8 Å². The van der Waals surface area contributed by atoms with Crippen LogP contribution in [0.5, 0.6) is 0 Å². The molecular weight excluding hydrogens is 214 g/mol. The van der Waals surface area contributed by atoms with Gasteiger partial charge in [0.25, 0.3) is 0 Å². The lowest BCUT2D eigenvalue weighted by molar-refractivity contribution is 0.538. The minimum absolute atomic E-state index is 0.112. The Labute approximate surface area is 87.7 Å². The van der Waals surface area contributed by atoms with Crippen LogP contribution in [0.3, 0.4) is 0 Å². The Morgan fingerprint density at radius 2 is 2.00 bits per heavy atom. The Morgan fingerprint density at radius 1 is 1.33 bits per heavy atom. The maximum atomic E-state index is 11.4. The summed E-state index contributed by atoms with van der Waals surface area (Å²) in [5.74, 6) is 0.415. The third-order valence-corrected chi connectivity index (χ3v) is 3.24. The van der Waals surface area contributed by atoms with Crippen LogP contribution < -0.4 is 5.14 Å². The highest BCUT2D eigenvalue weighted by Crippen LogP contribution is 2.29. The number of nitrogens with two attached hydrogens (primary N) is 1. The molecule has 1 aromatic carbocycles. The van der Waals surface area contributed by atoms with Crippen LogP contribution in [-0.4, -0.2) is 8.42 Å². The number of aryl methyl sites for hydroxylation is 1. The van der Waals surface area contributed by atoms with Crippen molar-refractivity contribution in [3.63, 3.8) is 0 Å². The molecule has 0 bridgehead atoms. The Hall–Kier alpha value is -1.33. The van der Waals surface area contributed by atoms with Crippen LogP contribution in [0.2, 0.25) is 0 Å². The molecule has 80 valence electrons. The molecule has 1 aromatic heterocycles. The van der Waals surface area contributed by atoms with Crippen molar-refractivity contribution >= 4 is 21.0 Å². The average Bonchev–Trinajstić information content (AvgIpc) is 2.54. The van der Waals surface area contributed by atoms with Crippen molar-refractivity contribution in [1.29, 1.82) is 0 Å². The number of hydrogen-bond donors (Lipinski definition) is 1. The molecule has 0 atom stereocenters. The van der Waals surface area contributed by atoms with E-state index in [1.165, 1.54) is 0 Å². The van der Waals surface area contributed by atoms with Crippen LogP contribution in [0, 0.1) is 0 Å². The highest BCUT2D eigenvalue weighted by Gasteiger charge is 2.21. The Bertz CT molecular complexity index is 598. The van der Waals surface area contributed by atoms with Crippen molar-refractivity contribution in [3.8, 4) is 0 Å². The van der Waals surface area contributed by atoms with Crippen molar-refractivity contribution in [2.45, 2.75) is 18.2 Å². The number of para-hydroxylation sites is 1. The lowest BCUT2D eigenvalue weighted by Crippen LogP contribution is -2.13. The van der Waals surface area contributed by atoms with Gasteiger partial charge in [-0.3, -0.25) is 0 Å². The van der Waals surface area contributed by atoms with Crippen molar-refractivity contribution in [3.05, 3.63) is 30.0 Å². The minimum atomic E-state index is -3.72. The molecule has 0 saturated carbocycles. The summed E-state index contributed by atoms with van der Waals surface area (Å²) in [4.78, 5) is 0.112. The molecule has 0 spiro atoms. The van der Waals surface area contributed by atoms with Gasteiger partial charge in [0.15, 0.2) is 0 Å². The summed E-state index contributed by atoms with van der Waals surface area (Å²) in [6, 6.07) is 6.96. The molecule has 0 radical (unpaired) electrons. The van der Waals surface area contributed by atoms with E-state index in [-0.39, 0.29) is 4.90 Å². The molecule has 0 aliphatic carbocycles. The highest BCUT2D eigenvalue weighted by atomic mass is 32.2. The van der Waals surface area contributed by atoms with Crippen LogP contribution in [0.25, 0.3) is 11.0 Å². The van der Waals surface area contributed by atoms with Gasteiger partial charge in [-0.25, -0.2) is 13.6 Å². The van der Waals surface area contributed by atoms with Gasteiger partial charge in [0.1, 0.15) is 16.2 Å². The lowest BCUT2D eigenvalue weighted by Gasteiger charge is -1.96. The molecule has 1 heterocycles. The summed E-state index contributed by atoms with van der Waals surface area (Å²) >= 11 is 0. The van der Waals surface area contributed by atoms with Gasteiger partial charge >= 0.3 is 0 Å². The predicted octanol–water partition coefficient (Wildman–Crippen LogP) is 1.64. The van der Waals surface area contributed by atoms with Crippen molar-refractivity contribution in [2.75, 3.05) is 0 Å². The number of hydrogen-bond acceptors (Lipinski definition) is 3. The fraction of sp³-hybridized carbons (Fsp3) is 0.200. The van der Waals surface area contributed by atoms with Gasteiger partial charge in [0.2, 0.25) is 10.0 Å². The first-order valence-corrected chi connectivity index (χ1v) is 6.12. The van der Waals surface area contributed by atoms with E-state index in [2.05, 4.69) is 0 Å². The number of furan rings is 1. The van der Waals surface area contributed by atoms with Crippen LogP contribution in [0.4, 0.5) is 0 Å². The topological polar surface area (TPSA) is 73.3 Å². The van der Waals surface area contributed by atoms with E-state index in [1.807, 2.05) is 6.92 Å². The summed E-state index contributed by atoms with van der Waals surface area (Å²) in [7, 11) is -3.72. The maximum Gasteiger partial charge on any atom is 0.242 e. The summed E-state index contributed by atoms with van der Waals surface area (Å²) in [6.45, 7) is 1.83. The fourth-order valence-corrected chi connectivity index (χ4v) is 2.60. The van der Waals surface area contributed by atoms with Gasteiger partial charge in [-0.15, -0.1) is 0 Å². The predicted molar refractivity (Wildman–Crippen MR) is 57.0 cm³/mol. The van der Waals surface area contributed by atoms with Crippen molar-refractivity contribution < 1.29 is 12.8 Å². The molecule has 0 aliphatic heterocycles. The summed E-state index contributed by atoms with van der Waals surface area (Å²) in [5.41, 5.74) is 0.554. The Kier molecular flexibility index (Phi) is 2.28. The molecule has 15 heavy (non-hydrogen) atoms. The van der Waals surface area contributed by atoms with E-state index < -0.39 is 10.0 Å². The molecule has 2 rings (SSSR count). The second-order valence-corrected chi connectivity index (χ2v) is 4.75. The van der Waals surface area contributed by atoms with Gasteiger partial charge in [-0.1, -0.05) is 19.1 Å². The Balaban J connectivity index is 2.91. The van der Waals surface area contributed by atoms with Gasteiger partial charge in [-0.2, -0.15) is 0 Å². The average molecular weight is 225 g/mol. The number of sulfonamides is 1. The molecule has 2 aromatic rings. The zero-order valence-corrected chi connectivity index (χ0v) is 9.04. The zero-order valence-electron chi connectivity index (χ0n) is 8.23. The van der Waals surface area contributed by atoms with Crippen LogP contribution in [-0.2, 0) is 16.4 Å². The second kappa shape index (κ2) is 3.36. The molecule has 0 saturated heterocycles.